The number of carbonyl (C=O) groups is 1. The normalized spacial score (nSPS) is 28.1. The Hall–Kier alpha value is -2.77. The molecule has 0 radical (unpaired) electrons. The molecule has 3 aliphatic rings. The molecular formula is C73H129NO18. The highest BCUT2D eigenvalue weighted by molar-refractivity contribution is 5.76. The van der Waals surface area contributed by atoms with Crippen LogP contribution in [0.15, 0.2) is 72.9 Å². The molecule has 19 heteroatoms. The minimum Gasteiger partial charge on any atom is -0.394 e. The molecular weight excluding hydrogens is 1180 g/mol. The van der Waals surface area contributed by atoms with Crippen LogP contribution in [-0.2, 0) is 33.2 Å². The van der Waals surface area contributed by atoms with Crippen LogP contribution >= 0.6 is 0 Å². The number of hydrogen-bond acceptors (Lipinski definition) is 18. The molecule has 19 nitrogen and oxygen atoms in total. The highest BCUT2D eigenvalue weighted by atomic mass is 16.8. The Kier molecular flexibility index (Phi) is 49.2. The third kappa shape index (κ3) is 35.5. The lowest BCUT2D eigenvalue weighted by molar-refractivity contribution is -0.379. The molecule has 12 N–H and O–H groups in total. The Morgan fingerprint density at radius 2 is 0.761 bits per heavy atom. The maximum absolute atomic E-state index is 13.4. The maximum atomic E-state index is 13.4. The van der Waals surface area contributed by atoms with Gasteiger partial charge in [0.1, 0.15) is 73.2 Å². The van der Waals surface area contributed by atoms with E-state index < -0.39 is 124 Å². The molecule has 3 heterocycles. The van der Waals surface area contributed by atoms with Crippen LogP contribution in [-0.4, -0.2) is 193 Å². The summed E-state index contributed by atoms with van der Waals surface area (Å²) in [4.78, 5) is 13.4. The van der Waals surface area contributed by atoms with Crippen LogP contribution < -0.4 is 5.32 Å². The maximum Gasteiger partial charge on any atom is 0.220 e. The second-order valence-corrected chi connectivity index (χ2v) is 25.7. The van der Waals surface area contributed by atoms with Crippen molar-refractivity contribution in [1.82, 2.24) is 5.32 Å². The predicted octanol–water partition coefficient (Wildman–Crippen LogP) is 10.1. The van der Waals surface area contributed by atoms with Gasteiger partial charge in [0.2, 0.25) is 5.91 Å². The van der Waals surface area contributed by atoms with Crippen molar-refractivity contribution < 1.29 is 89.4 Å². The lowest BCUT2D eigenvalue weighted by atomic mass is 9.96. The van der Waals surface area contributed by atoms with E-state index in [2.05, 4.69) is 79.9 Å². The average Bonchev–Trinajstić information content (AvgIpc) is 0.830. The summed E-state index contributed by atoms with van der Waals surface area (Å²) in [5.74, 6) is -0.285. The van der Waals surface area contributed by atoms with E-state index in [1.165, 1.54) is 154 Å². The van der Waals surface area contributed by atoms with Gasteiger partial charge in [-0.15, -0.1) is 0 Å². The SMILES string of the molecule is CC/C=C\C/C=C\C/C=C\C/C=C\CCCCCCCCCCCCCCCCCCCCCCCCC(=O)NC(COC1OC(CO)C(OC2OC(CO)C(OC3OC(CO)C(O)C(O)C3O)C(O)C2O)C(O)C1O)C(O)/C=C/CC/C=C/CCCCCCCC. The van der Waals surface area contributed by atoms with E-state index in [-0.39, 0.29) is 18.9 Å². The topological polar surface area (TPSA) is 307 Å². The zero-order chi connectivity index (χ0) is 66.8. The molecule has 0 aliphatic carbocycles. The number of allylic oxidation sites excluding steroid dienone is 11. The van der Waals surface area contributed by atoms with Gasteiger partial charge in [-0.2, -0.15) is 0 Å². The molecule has 534 valence electrons. The van der Waals surface area contributed by atoms with Gasteiger partial charge in [0.15, 0.2) is 18.9 Å². The molecule has 3 saturated heterocycles. The number of amides is 1. The fraction of sp³-hybridized carbons (Fsp3) is 0.822. The quantitative estimate of drug-likeness (QED) is 0.0199. The Balaban J connectivity index is 1.32. The van der Waals surface area contributed by atoms with E-state index in [0.29, 0.717) is 12.8 Å². The Bertz CT molecular complexity index is 1950. The van der Waals surface area contributed by atoms with Crippen molar-refractivity contribution in [2.24, 2.45) is 0 Å². The first-order chi connectivity index (χ1) is 44.8. The average molecular weight is 1310 g/mol. The number of carbonyl (C=O) groups excluding carboxylic acids is 1. The first kappa shape index (κ1) is 83.5. The Morgan fingerprint density at radius 1 is 0.402 bits per heavy atom. The van der Waals surface area contributed by atoms with Crippen molar-refractivity contribution in [3.8, 4) is 0 Å². The second kappa shape index (κ2) is 54.3. The number of aliphatic hydroxyl groups excluding tert-OH is 11. The summed E-state index contributed by atoms with van der Waals surface area (Å²) in [6.07, 6.45) is 42.0. The summed E-state index contributed by atoms with van der Waals surface area (Å²) in [6.45, 7) is 1.58. The fourth-order valence-electron chi connectivity index (χ4n) is 11.9. The third-order valence-electron chi connectivity index (χ3n) is 17.7. The van der Waals surface area contributed by atoms with Crippen LogP contribution in [0.3, 0.4) is 0 Å². The van der Waals surface area contributed by atoms with E-state index >= 15 is 0 Å². The summed E-state index contributed by atoms with van der Waals surface area (Å²) in [5, 5.41) is 120. The van der Waals surface area contributed by atoms with Gasteiger partial charge in [-0.05, 0) is 70.6 Å². The van der Waals surface area contributed by atoms with Crippen LogP contribution in [0, 0.1) is 0 Å². The van der Waals surface area contributed by atoms with Crippen LogP contribution in [0.2, 0.25) is 0 Å². The van der Waals surface area contributed by atoms with Gasteiger partial charge in [0, 0.05) is 6.42 Å². The highest BCUT2D eigenvalue weighted by Gasteiger charge is 2.53. The lowest BCUT2D eigenvalue weighted by Gasteiger charge is -2.48. The number of hydrogen-bond donors (Lipinski definition) is 12. The minimum atomic E-state index is -1.98. The number of unbranched alkanes of at least 4 members (excludes halogenated alkanes) is 29. The van der Waals surface area contributed by atoms with E-state index in [1.54, 1.807) is 6.08 Å². The molecule has 0 bridgehead atoms. The van der Waals surface area contributed by atoms with Gasteiger partial charge >= 0.3 is 0 Å². The first-order valence-corrected chi connectivity index (χ1v) is 36.2. The summed E-state index contributed by atoms with van der Waals surface area (Å²) >= 11 is 0. The van der Waals surface area contributed by atoms with Crippen molar-refractivity contribution in [3.05, 3.63) is 72.9 Å². The molecule has 92 heavy (non-hydrogen) atoms. The predicted molar refractivity (Wildman–Crippen MR) is 360 cm³/mol. The summed E-state index contributed by atoms with van der Waals surface area (Å²) in [6, 6.07) is -0.990. The van der Waals surface area contributed by atoms with Crippen molar-refractivity contribution >= 4 is 5.91 Å². The van der Waals surface area contributed by atoms with Crippen molar-refractivity contribution in [3.63, 3.8) is 0 Å². The van der Waals surface area contributed by atoms with Crippen molar-refractivity contribution in [2.75, 3.05) is 26.4 Å². The van der Waals surface area contributed by atoms with E-state index in [9.17, 15) is 61.0 Å². The number of nitrogens with one attached hydrogen (secondary N) is 1. The summed E-state index contributed by atoms with van der Waals surface area (Å²) < 4.78 is 34.3. The molecule has 3 fully saturated rings. The summed E-state index contributed by atoms with van der Waals surface area (Å²) in [5.41, 5.74) is 0. The molecule has 0 spiro atoms. The number of rotatable bonds is 55. The minimum absolute atomic E-state index is 0.236. The second-order valence-electron chi connectivity index (χ2n) is 25.7. The molecule has 3 rings (SSSR count). The van der Waals surface area contributed by atoms with Gasteiger partial charge < -0.3 is 89.9 Å². The molecule has 17 atom stereocenters. The van der Waals surface area contributed by atoms with Gasteiger partial charge in [0.05, 0.1) is 38.6 Å². The molecule has 0 aromatic carbocycles. The zero-order valence-electron chi connectivity index (χ0n) is 56.5. The molecule has 3 aliphatic heterocycles. The van der Waals surface area contributed by atoms with Gasteiger partial charge in [0.25, 0.3) is 0 Å². The summed E-state index contributed by atoms with van der Waals surface area (Å²) in [7, 11) is 0. The van der Waals surface area contributed by atoms with Crippen LogP contribution in [0.25, 0.3) is 0 Å². The smallest absolute Gasteiger partial charge is 0.220 e. The monoisotopic (exact) mass is 1310 g/mol. The van der Waals surface area contributed by atoms with Gasteiger partial charge in [-0.1, -0.05) is 247 Å². The first-order valence-electron chi connectivity index (χ1n) is 36.2. The van der Waals surface area contributed by atoms with E-state index in [1.807, 2.05) is 6.08 Å². The van der Waals surface area contributed by atoms with E-state index in [0.717, 1.165) is 64.2 Å². The molecule has 0 aromatic rings. The molecule has 17 unspecified atom stereocenters. The van der Waals surface area contributed by atoms with Crippen LogP contribution in [0.5, 0.6) is 0 Å². The lowest BCUT2D eigenvalue weighted by Crippen LogP contribution is -2.66. The molecule has 0 saturated carbocycles. The van der Waals surface area contributed by atoms with Crippen molar-refractivity contribution in [1.29, 1.82) is 0 Å². The molecule has 0 aromatic heterocycles. The Morgan fingerprint density at radius 3 is 1.22 bits per heavy atom. The standard InChI is InChI=1S/C73H129NO18/c1-3-5-7-9-11-13-15-17-18-19-20-21-22-23-24-25-26-27-28-29-30-31-32-33-34-35-36-37-38-39-41-43-45-47-49-51-61(79)74-56(57(78)50-48-46-44-42-40-16-14-12-10-8-6-4-2)55-87-71-67(85)64(82)69(59(53-76)89-71)92-73-68(86)65(83)70(60(54-77)90-73)91-72-66(84)63(81)62(80)58(52-75)88-72/h5,7,11,13,17-18,20-21,40,42,48,50,56-60,62-73,75-78,80-86H,3-4,6,8-10,12,14-16,19,22-39,41,43-47,49,51-55H2,1-2H3,(H,74,79)/b7-5-,13-11-,18-17-,21-20-,42-40+,50-48+. The number of ether oxygens (including phenoxy) is 6. The zero-order valence-corrected chi connectivity index (χ0v) is 56.5. The fourth-order valence-corrected chi connectivity index (χ4v) is 11.9. The third-order valence-corrected chi connectivity index (χ3v) is 17.7. The number of aliphatic hydroxyl groups is 11. The molecule has 1 amide bonds. The van der Waals surface area contributed by atoms with Gasteiger partial charge in [-0.25, -0.2) is 0 Å². The van der Waals surface area contributed by atoms with Crippen LogP contribution in [0.4, 0.5) is 0 Å². The van der Waals surface area contributed by atoms with Crippen LogP contribution in [0.1, 0.15) is 251 Å². The van der Waals surface area contributed by atoms with Gasteiger partial charge in [-0.3, -0.25) is 4.79 Å². The Labute approximate surface area is 553 Å². The van der Waals surface area contributed by atoms with Crippen molar-refractivity contribution in [2.45, 2.75) is 356 Å². The largest absolute Gasteiger partial charge is 0.394 e. The van der Waals surface area contributed by atoms with E-state index in [4.69, 9.17) is 28.4 Å². The highest BCUT2D eigenvalue weighted by Crippen LogP contribution is 2.33.